The van der Waals surface area contributed by atoms with E-state index in [1.165, 1.54) is 32.1 Å². The molecule has 0 bridgehead atoms. The minimum atomic E-state index is -0.189. The number of aliphatic hydroxyl groups excluding tert-OH is 1. The Kier molecular flexibility index (Phi) is 5.40. The van der Waals surface area contributed by atoms with Crippen LogP contribution in [0, 0.1) is 0 Å². The van der Waals surface area contributed by atoms with Crippen LogP contribution in [-0.4, -0.2) is 23.9 Å². The zero-order chi connectivity index (χ0) is 9.52. The molecule has 0 spiro atoms. The molecule has 0 unspecified atom stereocenters. The summed E-state index contributed by atoms with van der Waals surface area (Å²) in [7, 11) is 0. The molecular weight excluding hydrogens is 164 g/mol. The molecule has 0 saturated carbocycles. The second kappa shape index (κ2) is 6.39. The molecule has 1 rings (SSSR count). The molecule has 78 valence electrons. The van der Waals surface area contributed by atoms with Crippen LogP contribution in [0.2, 0.25) is 0 Å². The summed E-state index contributed by atoms with van der Waals surface area (Å²) < 4.78 is 5.02. The summed E-state index contributed by atoms with van der Waals surface area (Å²) in [6.07, 6.45) is 8.68. The number of rotatable bonds is 8. The molecule has 1 N–H and O–H groups in total. The van der Waals surface area contributed by atoms with Gasteiger partial charge in [-0.3, -0.25) is 0 Å². The summed E-state index contributed by atoms with van der Waals surface area (Å²) in [5.41, 5.74) is 0. The van der Waals surface area contributed by atoms with Gasteiger partial charge in [-0.05, 0) is 6.42 Å². The second-order valence-corrected chi connectivity index (χ2v) is 4.00. The Morgan fingerprint density at radius 2 is 1.85 bits per heavy atom. The van der Waals surface area contributed by atoms with Crippen LogP contribution in [0.25, 0.3) is 0 Å². The van der Waals surface area contributed by atoms with Crippen molar-refractivity contribution in [2.45, 2.75) is 64.1 Å². The Hall–Kier alpha value is -0.0800. The fourth-order valence-corrected chi connectivity index (χ4v) is 1.60. The van der Waals surface area contributed by atoms with Gasteiger partial charge >= 0.3 is 0 Å². The van der Waals surface area contributed by atoms with E-state index in [1.807, 2.05) is 0 Å². The number of ether oxygens (including phenoxy) is 1. The first-order valence-electron chi connectivity index (χ1n) is 5.64. The van der Waals surface area contributed by atoms with E-state index in [1.54, 1.807) is 0 Å². The van der Waals surface area contributed by atoms with Crippen molar-refractivity contribution in [2.75, 3.05) is 6.61 Å². The quantitative estimate of drug-likeness (QED) is 0.466. The fourth-order valence-electron chi connectivity index (χ4n) is 1.60. The van der Waals surface area contributed by atoms with E-state index in [0.717, 1.165) is 19.4 Å². The van der Waals surface area contributed by atoms with Gasteiger partial charge in [0.2, 0.25) is 0 Å². The first-order valence-corrected chi connectivity index (χ1v) is 5.64. The molecule has 0 amide bonds. The Bertz CT molecular complexity index is 121. The maximum absolute atomic E-state index is 9.47. The largest absolute Gasteiger partial charge is 0.390 e. The van der Waals surface area contributed by atoms with Crippen LogP contribution in [0.15, 0.2) is 0 Å². The molecule has 1 heterocycles. The molecule has 0 aliphatic carbocycles. The summed E-state index contributed by atoms with van der Waals surface area (Å²) in [6, 6.07) is 0. The number of aliphatic hydroxyl groups is 1. The van der Waals surface area contributed by atoms with Crippen LogP contribution < -0.4 is 0 Å². The highest BCUT2D eigenvalue weighted by molar-refractivity contribution is 4.77. The minimum absolute atomic E-state index is 0.177. The summed E-state index contributed by atoms with van der Waals surface area (Å²) in [6.45, 7) is 3.01. The number of hydrogen-bond donors (Lipinski definition) is 1. The summed E-state index contributed by atoms with van der Waals surface area (Å²) >= 11 is 0. The van der Waals surface area contributed by atoms with Crippen LogP contribution in [0.3, 0.4) is 0 Å². The van der Waals surface area contributed by atoms with Gasteiger partial charge in [0.25, 0.3) is 0 Å². The molecule has 0 aromatic rings. The molecule has 13 heavy (non-hydrogen) atoms. The number of hydrogen-bond acceptors (Lipinski definition) is 2. The standard InChI is InChI=1S/C11H22O2/c1-2-3-4-5-6-7-8-10(12)11-9-13-11/h10-12H,2-9H2,1H3/t10-,11-/m0/s1. The molecule has 0 radical (unpaired) electrons. The molecule has 2 heteroatoms. The molecule has 1 aliphatic rings. The maximum atomic E-state index is 9.47. The third-order valence-electron chi connectivity index (χ3n) is 2.64. The third kappa shape index (κ3) is 5.27. The third-order valence-corrected chi connectivity index (χ3v) is 2.64. The Balaban J connectivity index is 1.77. The van der Waals surface area contributed by atoms with Crippen molar-refractivity contribution in [3.05, 3.63) is 0 Å². The van der Waals surface area contributed by atoms with Crippen LogP contribution >= 0.6 is 0 Å². The number of unbranched alkanes of at least 4 members (excludes halogenated alkanes) is 5. The van der Waals surface area contributed by atoms with Gasteiger partial charge in [-0.25, -0.2) is 0 Å². The Labute approximate surface area is 81.3 Å². The van der Waals surface area contributed by atoms with Gasteiger partial charge in [0.15, 0.2) is 0 Å². The van der Waals surface area contributed by atoms with Crippen LogP contribution in [-0.2, 0) is 4.74 Å². The van der Waals surface area contributed by atoms with Gasteiger partial charge in [-0.15, -0.1) is 0 Å². The highest BCUT2D eigenvalue weighted by Crippen LogP contribution is 2.19. The van der Waals surface area contributed by atoms with Crippen molar-refractivity contribution in [3.63, 3.8) is 0 Å². The lowest BCUT2D eigenvalue weighted by Gasteiger charge is -2.06. The molecule has 0 aromatic heterocycles. The minimum Gasteiger partial charge on any atom is -0.390 e. The van der Waals surface area contributed by atoms with Crippen molar-refractivity contribution in [2.24, 2.45) is 0 Å². The molecular formula is C11H22O2. The monoisotopic (exact) mass is 186 g/mol. The van der Waals surface area contributed by atoms with Gasteiger partial charge in [0.05, 0.1) is 12.7 Å². The van der Waals surface area contributed by atoms with Crippen molar-refractivity contribution < 1.29 is 9.84 Å². The lowest BCUT2D eigenvalue weighted by Crippen LogP contribution is -2.13. The molecule has 2 atom stereocenters. The molecule has 0 aromatic carbocycles. The normalized spacial score (nSPS) is 23.1. The maximum Gasteiger partial charge on any atom is 0.107 e. The van der Waals surface area contributed by atoms with Crippen LogP contribution in [0.5, 0.6) is 0 Å². The van der Waals surface area contributed by atoms with Gasteiger partial charge in [0, 0.05) is 0 Å². The highest BCUT2D eigenvalue weighted by atomic mass is 16.6. The SMILES string of the molecule is CCCCCCCC[C@H](O)[C@@H]1CO1. The van der Waals surface area contributed by atoms with Crippen molar-refractivity contribution in [3.8, 4) is 0 Å². The zero-order valence-corrected chi connectivity index (χ0v) is 8.67. The predicted octanol–water partition coefficient (Wildman–Crippen LogP) is 2.50. The van der Waals surface area contributed by atoms with E-state index in [9.17, 15) is 5.11 Å². The summed E-state index contributed by atoms with van der Waals surface area (Å²) in [4.78, 5) is 0. The number of epoxide rings is 1. The van der Waals surface area contributed by atoms with Crippen molar-refractivity contribution >= 4 is 0 Å². The average Bonchev–Trinajstić information content (AvgIpc) is 2.93. The summed E-state index contributed by atoms with van der Waals surface area (Å²) in [5.74, 6) is 0. The summed E-state index contributed by atoms with van der Waals surface area (Å²) in [5, 5.41) is 9.47. The Morgan fingerprint density at radius 3 is 2.46 bits per heavy atom. The van der Waals surface area contributed by atoms with Crippen molar-refractivity contribution in [1.82, 2.24) is 0 Å². The second-order valence-electron chi connectivity index (χ2n) is 4.00. The average molecular weight is 186 g/mol. The topological polar surface area (TPSA) is 32.8 Å². The first kappa shape index (κ1) is 11.0. The first-order chi connectivity index (χ1) is 6.34. The Morgan fingerprint density at radius 1 is 1.23 bits per heavy atom. The van der Waals surface area contributed by atoms with E-state index >= 15 is 0 Å². The molecule has 1 saturated heterocycles. The van der Waals surface area contributed by atoms with Gasteiger partial charge in [0.1, 0.15) is 6.10 Å². The van der Waals surface area contributed by atoms with Gasteiger partial charge in [-0.2, -0.15) is 0 Å². The van der Waals surface area contributed by atoms with E-state index in [0.29, 0.717) is 0 Å². The highest BCUT2D eigenvalue weighted by Gasteiger charge is 2.30. The lowest BCUT2D eigenvalue weighted by molar-refractivity contribution is 0.123. The van der Waals surface area contributed by atoms with E-state index in [4.69, 9.17) is 4.74 Å². The smallest absolute Gasteiger partial charge is 0.107 e. The van der Waals surface area contributed by atoms with E-state index < -0.39 is 0 Å². The van der Waals surface area contributed by atoms with Gasteiger partial charge in [-0.1, -0.05) is 45.4 Å². The van der Waals surface area contributed by atoms with E-state index in [2.05, 4.69) is 6.92 Å². The molecule has 1 aliphatic heterocycles. The lowest BCUT2D eigenvalue weighted by atomic mass is 10.1. The van der Waals surface area contributed by atoms with Crippen LogP contribution in [0.4, 0.5) is 0 Å². The van der Waals surface area contributed by atoms with E-state index in [-0.39, 0.29) is 12.2 Å². The zero-order valence-electron chi connectivity index (χ0n) is 8.67. The van der Waals surface area contributed by atoms with Crippen LogP contribution in [0.1, 0.15) is 51.9 Å². The molecule has 1 fully saturated rings. The van der Waals surface area contributed by atoms with Gasteiger partial charge < -0.3 is 9.84 Å². The van der Waals surface area contributed by atoms with Crippen molar-refractivity contribution in [1.29, 1.82) is 0 Å². The molecule has 2 nitrogen and oxygen atoms in total. The fraction of sp³-hybridized carbons (Fsp3) is 1.00. The predicted molar refractivity (Wildman–Crippen MR) is 53.7 cm³/mol.